The largest absolute Gasteiger partial charge is 0.274 e. The fraction of sp³-hybridized carbons (Fsp3) is 0.429. The molecule has 0 fully saturated rings. The van der Waals surface area contributed by atoms with Crippen molar-refractivity contribution < 1.29 is 9.59 Å². The summed E-state index contributed by atoms with van der Waals surface area (Å²) in [5.41, 5.74) is 0.497. The van der Waals surface area contributed by atoms with Crippen LogP contribution in [0.4, 0.5) is 0 Å². The molecule has 0 saturated heterocycles. The minimum absolute atomic E-state index is 0.190. The van der Waals surface area contributed by atoms with Crippen molar-refractivity contribution in [1.29, 1.82) is 0 Å². The van der Waals surface area contributed by atoms with Crippen LogP contribution in [0.15, 0.2) is 10.1 Å². The summed E-state index contributed by atoms with van der Waals surface area (Å²) in [6.07, 6.45) is 0. The van der Waals surface area contributed by atoms with Gasteiger partial charge in [-0.15, -0.1) is 0 Å². The van der Waals surface area contributed by atoms with Gasteiger partial charge in [-0.3, -0.25) is 14.5 Å². The molecule has 0 atom stereocenters. The lowest BCUT2D eigenvalue weighted by Gasteiger charge is -2.09. The number of hydrogen-bond acceptors (Lipinski definition) is 2. The summed E-state index contributed by atoms with van der Waals surface area (Å²) in [4.78, 5) is 23.5. The van der Waals surface area contributed by atoms with Crippen LogP contribution in [0.2, 0.25) is 0 Å². The van der Waals surface area contributed by atoms with Crippen molar-refractivity contribution in [2.24, 2.45) is 0 Å². The van der Waals surface area contributed by atoms with Crippen LogP contribution >= 0.6 is 15.9 Å². The molecule has 1 rings (SSSR count). The normalized spacial score (nSPS) is 18.6. The van der Waals surface area contributed by atoms with Gasteiger partial charge in [0.05, 0.1) is 4.48 Å². The molecule has 1 heterocycles. The lowest BCUT2D eigenvalue weighted by molar-refractivity contribution is -0.136. The summed E-state index contributed by atoms with van der Waals surface area (Å²) in [6.45, 7) is 3.85. The summed E-state index contributed by atoms with van der Waals surface area (Å²) in [6, 6.07) is 0. The van der Waals surface area contributed by atoms with E-state index in [1.807, 2.05) is 0 Å². The second kappa shape index (κ2) is 2.77. The van der Waals surface area contributed by atoms with Crippen molar-refractivity contribution in [3.05, 3.63) is 10.1 Å². The number of carbonyl (C=O) groups is 2. The lowest BCUT2D eigenvalue weighted by Crippen LogP contribution is -2.30. The van der Waals surface area contributed by atoms with Crippen LogP contribution in [-0.4, -0.2) is 23.3 Å². The first kappa shape index (κ1) is 8.46. The molecule has 0 aliphatic carbocycles. The molecule has 11 heavy (non-hydrogen) atoms. The Bertz CT molecular complexity index is 233. The first-order chi connectivity index (χ1) is 5.09. The average molecular weight is 218 g/mol. The van der Waals surface area contributed by atoms with E-state index < -0.39 is 0 Å². The van der Waals surface area contributed by atoms with Gasteiger partial charge in [-0.1, -0.05) is 0 Å². The summed E-state index contributed by atoms with van der Waals surface area (Å²) in [7, 11) is 0. The summed E-state index contributed by atoms with van der Waals surface area (Å²) in [5, 5.41) is 0. The van der Waals surface area contributed by atoms with Crippen molar-refractivity contribution in [2.75, 3.05) is 6.54 Å². The Morgan fingerprint density at radius 2 is 1.91 bits per heavy atom. The zero-order valence-corrected chi connectivity index (χ0v) is 7.93. The number of amides is 2. The van der Waals surface area contributed by atoms with Crippen molar-refractivity contribution in [3.63, 3.8) is 0 Å². The predicted octanol–water partition coefficient (Wildman–Crippen LogP) is 1.04. The Balaban J connectivity index is 3.02. The molecular formula is C7H8BrNO2. The van der Waals surface area contributed by atoms with Gasteiger partial charge in [0, 0.05) is 12.1 Å². The molecule has 0 bridgehead atoms. The van der Waals surface area contributed by atoms with E-state index in [1.54, 1.807) is 13.8 Å². The number of halogens is 1. The van der Waals surface area contributed by atoms with Gasteiger partial charge in [0.2, 0.25) is 0 Å². The number of rotatable bonds is 1. The molecule has 0 spiro atoms. The topological polar surface area (TPSA) is 37.4 Å². The average Bonchev–Trinajstić information content (AvgIpc) is 2.17. The van der Waals surface area contributed by atoms with Gasteiger partial charge in [-0.25, -0.2) is 0 Å². The number of carbonyl (C=O) groups excluding carboxylic acids is 2. The van der Waals surface area contributed by atoms with Crippen LogP contribution in [0.5, 0.6) is 0 Å². The maximum Gasteiger partial charge on any atom is 0.268 e. The molecule has 0 aromatic heterocycles. The first-order valence-electron chi connectivity index (χ1n) is 3.32. The van der Waals surface area contributed by atoms with Gasteiger partial charge in [-0.2, -0.15) is 0 Å². The molecule has 0 saturated carbocycles. The number of imide groups is 1. The van der Waals surface area contributed by atoms with Crippen LogP contribution in [-0.2, 0) is 9.59 Å². The summed E-state index contributed by atoms with van der Waals surface area (Å²) >= 11 is 3.06. The van der Waals surface area contributed by atoms with Gasteiger partial charge >= 0.3 is 0 Å². The highest BCUT2D eigenvalue weighted by Gasteiger charge is 2.32. The lowest BCUT2D eigenvalue weighted by atomic mass is 10.3. The monoisotopic (exact) mass is 217 g/mol. The number of nitrogens with zero attached hydrogens (tertiary/aromatic N) is 1. The van der Waals surface area contributed by atoms with Gasteiger partial charge < -0.3 is 0 Å². The van der Waals surface area contributed by atoms with Crippen LogP contribution in [0.3, 0.4) is 0 Å². The number of likely N-dealkylation sites (N-methyl/N-ethyl adjacent to an activating group) is 1. The van der Waals surface area contributed by atoms with E-state index in [0.717, 1.165) is 0 Å². The third-order valence-electron chi connectivity index (χ3n) is 1.64. The molecule has 1 aliphatic heterocycles. The van der Waals surface area contributed by atoms with E-state index in [-0.39, 0.29) is 11.8 Å². The van der Waals surface area contributed by atoms with Crippen molar-refractivity contribution in [2.45, 2.75) is 13.8 Å². The third kappa shape index (κ3) is 1.11. The van der Waals surface area contributed by atoms with Crippen LogP contribution in [0, 0.1) is 0 Å². The molecule has 60 valence electrons. The van der Waals surface area contributed by atoms with Gasteiger partial charge in [0.15, 0.2) is 0 Å². The predicted molar refractivity (Wildman–Crippen MR) is 44.0 cm³/mol. The van der Waals surface area contributed by atoms with E-state index in [0.29, 0.717) is 16.6 Å². The maximum atomic E-state index is 11.2. The highest BCUT2D eigenvalue weighted by molar-refractivity contribution is 9.12. The summed E-state index contributed by atoms with van der Waals surface area (Å²) < 4.78 is 0.393. The van der Waals surface area contributed by atoms with Crippen molar-refractivity contribution in [1.82, 2.24) is 4.90 Å². The Hall–Kier alpha value is -0.640. The van der Waals surface area contributed by atoms with Gasteiger partial charge in [-0.05, 0) is 29.8 Å². The smallest absolute Gasteiger partial charge is 0.268 e. The molecule has 0 unspecified atom stereocenters. The maximum absolute atomic E-state index is 11.2. The molecule has 2 amide bonds. The highest BCUT2D eigenvalue weighted by atomic mass is 79.9. The highest BCUT2D eigenvalue weighted by Crippen LogP contribution is 2.24. The van der Waals surface area contributed by atoms with E-state index in [9.17, 15) is 9.59 Å². The van der Waals surface area contributed by atoms with Crippen LogP contribution in [0.25, 0.3) is 0 Å². The molecule has 1 aliphatic rings. The Kier molecular flexibility index (Phi) is 2.13. The van der Waals surface area contributed by atoms with E-state index in [4.69, 9.17) is 0 Å². The number of hydrogen-bond donors (Lipinski definition) is 0. The fourth-order valence-corrected chi connectivity index (χ4v) is 1.34. The summed E-state index contributed by atoms with van der Waals surface area (Å²) in [5.74, 6) is -0.417. The Labute approximate surface area is 73.2 Å². The molecular weight excluding hydrogens is 210 g/mol. The molecule has 3 nitrogen and oxygen atoms in total. The minimum Gasteiger partial charge on any atom is -0.274 e. The van der Waals surface area contributed by atoms with E-state index in [2.05, 4.69) is 15.9 Å². The molecule has 0 N–H and O–H groups in total. The fourth-order valence-electron chi connectivity index (χ4n) is 0.955. The minimum atomic E-state index is -0.227. The Morgan fingerprint density at radius 1 is 1.36 bits per heavy atom. The quantitative estimate of drug-likeness (QED) is 0.616. The van der Waals surface area contributed by atoms with Crippen molar-refractivity contribution in [3.8, 4) is 0 Å². The SMILES string of the molecule is CCN1C(=O)C(C)=C(Br)C1=O. The van der Waals surface area contributed by atoms with Crippen LogP contribution < -0.4 is 0 Å². The molecule has 0 radical (unpaired) electrons. The van der Waals surface area contributed by atoms with Gasteiger partial charge in [0.25, 0.3) is 11.8 Å². The molecule has 0 aromatic rings. The van der Waals surface area contributed by atoms with E-state index in [1.165, 1.54) is 4.90 Å². The molecule has 4 heteroatoms. The second-order valence-corrected chi connectivity index (χ2v) is 3.09. The van der Waals surface area contributed by atoms with E-state index >= 15 is 0 Å². The first-order valence-corrected chi connectivity index (χ1v) is 4.11. The molecule has 0 aromatic carbocycles. The Morgan fingerprint density at radius 3 is 2.09 bits per heavy atom. The van der Waals surface area contributed by atoms with Crippen molar-refractivity contribution >= 4 is 27.7 Å². The second-order valence-electron chi connectivity index (χ2n) is 2.29. The van der Waals surface area contributed by atoms with Gasteiger partial charge in [0.1, 0.15) is 0 Å². The standard InChI is InChI=1S/C7H8BrNO2/c1-3-9-6(10)4(2)5(8)7(9)11/h3H2,1-2H3. The zero-order chi connectivity index (χ0) is 8.59. The van der Waals surface area contributed by atoms with Crippen LogP contribution in [0.1, 0.15) is 13.8 Å². The third-order valence-corrected chi connectivity index (χ3v) is 2.58. The zero-order valence-electron chi connectivity index (χ0n) is 6.35.